The molecule has 0 radical (unpaired) electrons. The second kappa shape index (κ2) is 6.07. The molecule has 1 heterocycles. The Hall–Kier alpha value is -1.18. The fourth-order valence-electron chi connectivity index (χ4n) is 2.27. The molecule has 4 N–H and O–H groups in total. The van der Waals surface area contributed by atoms with Crippen LogP contribution >= 0.6 is 12.2 Å². The second-order valence-corrected chi connectivity index (χ2v) is 4.74. The summed E-state index contributed by atoms with van der Waals surface area (Å²) < 4.78 is 5.48. The standard InChI is InChI=1S/C13H15NO5S/c15-6-9-13(18,14-7-20)12(17)10(16)11(19-9)8-4-2-1-3-5-8/h1-5,9-12,15-18H,6H2/t9-,10+,11+,12-,13+/m1/s1. The summed E-state index contributed by atoms with van der Waals surface area (Å²) in [4.78, 5) is 3.45. The van der Waals surface area contributed by atoms with Crippen LogP contribution in [0.4, 0.5) is 0 Å². The van der Waals surface area contributed by atoms with Crippen molar-refractivity contribution in [2.24, 2.45) is 4.99 Å². The topological polar surface area (TPSA) is 103 Å². The van der Waals surface area contributed by atoms with Crippen molar-refractivity contribution in [3.05, 3.63) is 35.9 Å². The lowest BCUT2D eigenvalue weighted by Crippen LogP contribution is -2.63. The zero-order valence-electron chi connectivity index (χ0n) is 10.5. The van der Waals surface area contributed by atoms with Crippen LogP contribution in [0.5, 0.6) is 0 Å². The van der Waals surface area contributed by atoms with Gasteiger partial charge >= 0.3 is 0 Å². The Bertz CT molecular complexity index is 503. The molecule has 0 bridgehead atoms. The molecule has 7 heteroatoms. The van der Waals surface area contributed by atoms with Gasteiger partial charge in [0.2, 0.25) is 5.72 Å². The van der Waals surface area contributed by atoms with Crippen LogP contribution in [0.3, 0.4) is 0 Å². The number of ether oxygens (including phenoxy) is 1. The third kappa shape index (κ3) is 2.53. The Morgan fingerprint density at radius 2 is 1.95 bits per heavy atom. The van der Waals surface area contributed by atoms with Crippen molar-refractivity contribution in [1.29, 1.82) is 0 Å². The summed E-state index contributed by atoms with van der Waals surface area (Å²) in [6, 6.07) is 8.72. The Labute approximate surface area is 121 Å². The van der Waals surface area contributed by atoms with Crippen LogP contribution in [0.25, 0.3) is 0 Å². The molecule has 0 amide bonds. The van der Waals surface area contributed by atoms with Crippen LogP contribution < -0.4 is 0 Å². The highest BCUT2D eigenvalue weighted by atomic mass is 32.1. The van der Waals surface area contributed by atoms with Crippen LogP contribution in [-0.4, -0.2) is 56.2 Å². The summed E-state index contributed by atoms with van der Waals surface area (Å²) in [5.74, 6) is 0. The lowest BCUT2D eigenvalue weighted by atomic mass is 9.87. The van der Waals surface area contributed by atoms with E-state index in [1.54, 1.807) is 30.3 Å². The summed E-state index contributed by atoms with van der Waals surface area (Å²) in [7, 11) is 0. The molecular weight excluding hydrogens is 282 g/mol. The normalized spacial score (nSPS) is 37.2. The minimum Gasteiger partial charge on any atom is -0.393 e. The minimum atomic E-state index is -2.22. The Kier molecular flexibility index (Phi) is 4.62. The zero-order valence-corrected chi connectivity index (χ0v) is 11.3. The SMILES string of the molecule is OC[C@H]1O[C@@H](c2ccccc2)[C@H](O)[C@@H](O)[C@]1(O)N=C=S. The highest BCUT2D eigenvalue weighted by molar-refractivity contribution is 7.78. The van der Waals surface area contributed by atoms with Gasteiger partial charge in [-0.25, -0.2) is 0 Å². The molecule has 108 valence electrons. The smallest absolute Gasteiger partial charge is 0.223 e. The van der Waals surface area contributed by atoms with E-state index in [9.17, 15) is 20.4 Å². The average Bonchev–Trinajstić information content (AvgIpc) is 2.47. The maximum absolute atomic E-state index is 10.2. The number of aliphatic imine (C=N–C) groups is 1. The van der Waals surface area contributed by atoms with E-state index in [0.29, 0.717) is 5.56 Å². The molecule has 1 aromatic carbocycles. The summed E-state index contributed by atoms with van der Waals surface area (Å²) in [6.45, 7) is -0.593. The van der Waals surface area contributed by atoms with Gasteiger partial charge in [0, 0.05) is 0 Å². The molecule has 0 unspecified atom stereocenters. The van der Waals surface area contributed by atoms with E-state index in [2.05, 4.69) is 17.2 Å². The predicted molar refractivity (Wildman–Crippen MR) is 73.1 cm³/mol. The minimum absolute atomic E-state index is 0.593. The van der Waals surface area contributed by atoms with Gasteiger partial charge < -0.3 is 25.2 Å². The highest BCUT2D eigenvalue weighted by Gasteiger charge is 2.55. The predicted octanol–water partition coefficient (Wildman–Crippen LogP) is -0.368. The molecule has 1 saturated heterocycles. The summed E-state index contributed by atoms with van der Waals surface area (Å²) in [5.41, 5.74) is -1.60. The Balaban J connectivity index is 2.36. The van der Waals surface area contributed by atoms with E-state index < -0.39 is 36.7 Å². The molecular formula is C13H15NO5S. The van der Waals surface area contributed by atoms with Crippen molar-refractivity contribution in [3.8, 4) is 0 Å². The maximum Gasteiger partial charge on any atom is 0.223 e. The van der Waals surface area contributed by atoms with Gasteiger partial charge in [-0.15, -0.1) is 0 Å². The molecule has 1 aromatic rings. The summed E-state index contributed by atoms with van der Waals surface area (Å²) >= 11 is 4.41. The van der Waals surface area contributed by atoms with E-state index in [4.69, 9.17) is 4.74 Å². The van der Waals surface area contributed by atoms with E-state index in [1.165, 1.54) is 0 Å². The van der Waals surface area contributed by atoms with Crippen LogP contribution in [0.1, 0.15) is 11.7 Å². The van der Waals surface area contributed by atoms with E-state index in [0.717, 1.165) is 0 Å². The quantitative estimate of drug-likeness (QED) is 0.448. The van der Waals surface area contributed by atoms with Gasteiger partial charge in [-0.2, -0.15) is 4.99 Å². The van der Waals surface area contributed by atoms with Gasteiger partial charge in [-0.05, 0) is 17.8 Å². The second-order valence-electron chi connectivity index (χ2n) is 4.56. The Morgan fingerprint density at radius 3 is 2.50 bits per heavy atom. The number of aliphatic hydroxyl groups is 4. The molecule has 0 aliphatic carbocycles. The molecule has 1 fully saturated rings. The molecule has 1 aliphatic heterocycles. The molecule has 0 saturated carbocycles. The monoisotopic (exact) mass is 297 g/mol. The molecule has 5 atom stereocenters. The average molecular weight is 297 g/mol. The van der Waals surface area contributed by atoms with Crippen molar-refractivity contribution in [2.75, 3.05) is 6.61 Å². The maximum atomic E-state index is 10.2. The van der Waals surface area contributed by atoms with Gasteiger partial charge in [-0.3, -0.25) is 0 Å². The lowest BCUT2D eigenvalue weighted by Gasteiger charge is -2.45. The number of thiocarbonyl (C=S) groups is 1. The third-order valence-electron chi connectivity index (χ3n) is 3.37. The number of nitrogens with zero attached hydrogens (tertiary/aromatic N) is 1. The number of hydrogen-bond acceptors (Lipinski definition) is 7. The van der Waals surface area contributed by atoms with Gasteiger partial charge in [0.25, 0.3) is 0 Å². The van der Waals surface area contributed by atoms with Gasteiger partial charge in [0.15, 0.2) is 0 Å². The van der Waals surface area contributed by atoms with E-state index in [1.807, 2.05) is 5.16 Å². The molecule has 2 rings (SSSR count). The number of hydrogen-bond donors (Lipinski definition) is 4. The number of aliphatic hydroxyl groups excluding tert-OH is 3. The van der Waals surface area contributed by atoms with Crippen molar-refractivity contribution < 1.29 is 25.2 Å². The molecule has 1 aliphatic rings. The van der Waals surface area contributed by atoms with E-state index in [-0.39, 0.29) is 0 Å². The summed E-state index contributed by atoms with van der Waals surface area (Å²) in [5, 5.41) is 41.7. The highest BCUT2D eigenvalue weighted by Crippen LogP contribution is 2.38. The zero-order chi connectivity index (χ0) is 14.8. The molecule has 6 nitrogen and oxygen atoms in total. The molecule has 0 aromatic heterocycles. The lowest BCUT2D eigenvalue weighted by molar-refractivity contribution is -0.275. The van der Waals surface area contributed by atoms with E-state index >= 15 is 0 Å². The van der Waals surface area contributed by atoms with Crippen molar-refractivity contribution in [3.63, 3.8) is 0 Å². The first-order chi connectivity index (χ1) is 9.54. The first kappa shape index (κ1) is 15.2. The van der Waals surface area contributed by atoms with Crippen LogP contribution in [0.2, 0.25) is 0 Å². The molecule has 0 spiro atoms. The van der Waals surface area contributed by atoms with Crippen LogP contribution in [-0.2, 0) is 4.74 Å². The van der Waals surface area contributed by atoms with Crippen LogP contribution in [0, 0.1) is 0 Å². The largest absolute Gasteiger partial charge is 0.393 e. The summed E-state index contributed by atoms with van der Waals surface area (Å²) in [6.07, 6.45) is -5.18. The number of isothiocyanates is 1. The van der Waals surface area contributed by atoms with Crippen LogP contribution in [0.15, 0.2) is 35.3 Å². The Morgan fingerprint density at radius 1 is 1.30 bits per heavy atom. The van der Waals surface area contributed by atoms with Crippen molar-refractivity contribution >= 4 is 17.4 Å². The van der Waals surface area contributed by atoms with Gasteiger partial charge in [-0.1, -0.05) is 30.3 Å². The fourth-order valence-corrected chi connectivity index (χ4v) is 2.42. The first-order valence-corrected chi connectivity index (χ1v) is 6.44. The fraction of sp³-hybridized carbons (Fsp3) is 0.462. The van der Waals surface area contributed by atoms with Gasteiger partial charge in [0.1, 0.15) is 24.4 Å². The van der Waals surface area contributed by atoms with Gasteiger partial charge in [0.05, 0.1) is 11.8 Å². The first-order valence-electron chi connectivity index (χ1n) is 6.03. The van der Waals surface area contributed by atoms with Crippen molar-refractivity contribution in [1.82, 2.24) is 0 Å². The third-order valence-corrected chi connectivity index (χ3v) is 3.46. The number of rotatable bonds is 3. The molecule has 20 heavy (non-hydrogen) atoms. The number of benzene rings is 1. The van der Waals surface area contributed by atoms with Crippen molar-refractivity contribution in [2.45, 2.75) is 30.1 Å².